The van der Waals surface area contributed by atoms with E-state index in [9.17, 15) is 27.9 Å². The Bertz CT molecular complexity index is 1620. The van der Waals surface area contributed by atoms with E-state index in [1.807, 2.05) is 50.2 Å². The van der Waals surface area contributed by atoms with Gasteiger partial charge in [0.15, 0.2) is 0 Å². The second-order valence-electron chi connectivity index (χ2n) is 13.6. The van der Waals surface area contributed by atoms with E-state index < -0.39 is 29.2 Å². The second kappa shape index (κ2) is 13.5. The molecule has 0 aliphatic heterocycles. The molecule has 4 aliphatic carbocycles. The third kappa shape index (κ3) is 6.72. The van der Waals surface area contributed by atoms with Gasteiger partial charge in [-0.25, -0.2) is 9.78 Å². The number of carboxylic acids is 1. The van der Waals surface area contributed by atoms with Crippen molar-refractivity contribution in [3.8, 4) is 28.1 Å². The molecule has 1 aromatic heterocycles. The molecule has 11 heteroatoms. The average Bonchev–Trinajstić information content (AvgIpc) is 3.00. The summed E-state index contributed by atoms with van der Waals surface area (Å²) in [7, 11) is 3.76. The molecule has 1 amide bonds. The molecule has 7 rings (SSSR count). The fourth-order valence-corrected chi connectivity index (χ4v) is 8.27. The molecule has 0 radical (unpaired) electrons. The Morgan fingerprint density at radius 1 is 0.979 bits per heavy atom. The number of pyridine rings is 1. The zero-order valence-corrected chi connectivity index (χ0v) is 27.6. The summed E-state index contributed by atoms with van der Waals surface area (Å²) in [6.45, 7) is 2.67. The van der Waals surface area contributed by atoms with E-state index in [0.29, 0.717) is 41.6 Å². The Balaban J connectivity index is 0.00000433. The maximum Gasteiger partial charge on any atom is 0.419 e. The van der Waals surface area contributed by atoms with Gasteiger partial charge in [0.2, 0.25) is 0 Å². The van der Waals surface area contributed by atoms with Crippen molar-refractivity contribution in [2.24, 2.45) is 23.7 Å². The normalized spacial score (nSPS) is 24.6. The monoisotopic (exact) mass is 671 g/mol. The minimum Gasteiger partial charge on any atom is -0.493 e. The molecule has 4 bridgehead atoms. The van der Waals surface area contributed by atoms with Crippen molar-refractivity contribution in [2.45, 2.75) is 57.2 Å². The van der Waals surface area contributed by atoms with Crippen LogP contribution in [0, 0.1) is 30.6 Å². The lowest BCUT2D eigenvalue weighted by Gasteiger charge is -2.59. The Hall–Kier alpha value is -3.63. The highest BCUT2D eigenvalue weighted by Gasteiger charge is 2.62. The molecule has 0 atom stereocenters. The van der Waals surface area contributed by atoms with Gasteiger partial charge in [0, 0.05) is 17.7 Å². The number of hydrogen-bond donors (Lipinski definition) is 2. The van der Waals surface area contributed by atoms with E-state index in [1.165, 1.54) is 12.1 Å². The van der Waals surface area contributed by atoms with Crippen LogP contribution in [0.1, 0.15) is 60.1 Å². The standard InChI is InChI=1S/C36H40F3N3O4.ClH/c1-21-7-4-5-8-27(21)28-10-12-30(33(43)41-35(34(44)45)25-16-22-15-23(18-25)19-26(35)17-22)40-32(28)24-9-11-29(36(37,38)39)31(20-24)46-14-6-13-42(2)3;/h4-5,7-12,20,22-23,25-26H,6,13-19H2,1-3H3,(H,41,43)(H,44,45);1H. The second-order valence-corrected chi connectivity index (χ2v) is 13.6. The Morgan fingerprint density at radius 2 is 1.64 bits per heavy atom. The van der Waals surface area contributed by atoms with Gasteiger partial charge in [-0.2, -0.15) is 13.2 Å². The van der Waals surface area contributed by atoms with Crippen LogP contribution in [0.3, 0.4) is 0 Å². The predicted molar refractivity (Wildman–Crippen MR) is 176 cm³/mol. The first-order chi connectivity index (χ1) is 21.9. The first-order valence-corrected chi connectivity index (χ1v) is 16.0. The number of amides is 1. The van der Waals surface area contributed by atoms with E-state index >= 15 is 0 Å². The molecular weight excluding hydrogens is 631 g/mol. The molecule has 4 fully saturated rings. The molecule has 47 heavy (non-hydrogen) atoms. The molecule has 252 valence electrons. The first-order valence-electron chi connectivity index (χ1n) is 16.0. The molecule has 2 aromatic carbocycles. The number of ether oxygens (including phenoxy) is 1. The summed E-state index contributed by atoms with van der Waals surface area (Å²) >= 11 is 0. The number of aromatic nitrogens is 1. The number of alkyl halides is 3. The summed E-state index contributed by atoms with van der Waals surface area (Å²) in [6.07, 6.45) is 0.177. The van der Waals surface area contributed by atoms with Crippen LogP contribution in [0.2, 0.25) is 0 Å². The van der Waals surface area contributed by atoms with Crippen molar-refractivity contribution < 1.29 is 32.6 Å². The minimum absolute atomic E-state index is 0. The summed E-state index contributed by atoms with van der Waals surface area (Å²) in [5.41, 5.74) is 0.794. The third-order valence-electron chi connectivity index (χ3n) is 10.2. The highest BCUT2D eigenvalue weighted by molar-refractivity contribution is 5.98. The van der Waals surface area contributed by atoms with Crippen LogP contribution in [0.15, 0.2) is 54.6 Å². The lowest BCUT2D eigenvalue weighted by molar-refractivity contribution is -0.163. The van der Waals surface area contributed by atoms with Crippen LogP contribution in [0.4, 0.5) is 13.2 Å². The fraction of sp³-hybridized carbons (Fsp3) is 0.472. The highest BCUT2D eigenvalue weighted by Crippen LogP contribution is 2.58. The van der Waals surface area contributed by atoms with Gasteiger partial charge < -0.3 is 20.1 Å². The minimum atomic E-state index is -4.63. The number of carbonyl (C=O) groups excluding carboxylic acids is 1. The van der Waals surface area contributed by atoms with Crippen LogP contribution in [0.5, 0.6) is 5.75 Å². The van der Waals surface area contributed by atoms with E-state index in [1.54, 1.807) is 12.1 Å². The zero-order chi connectivity index (χ0) is 32.8. The van der Waals surface area contributed by atoms with Gasteiger partial charge in [-0.3, -0.25) is 4.79 Å². The SMILES string of the molecule is Cc1ccccc1-c1ccc(C(=O)NC2(C(=O)O)C3CC4CC(C3)CC2C4)nc1-c1ccc(C(F)(F)F)c(OCCCN(C)C)c1.Cl. The number of hydrogen-bond acceptors (Lipinski definition) is 5. The first kappa shape index (κ1) is 34.7. The van der Waals surface area contributed by atoms with E-state index in [4.69, 9.17) is 9.72 Å². The van der Waals surface area contributed by atoms with Crippen LogP contribution in [0.25, 0.3) is 22.4 Å². The number of carbonyl (C=O) groups is 2. The Kier molecular flexibility index (Phi) is 9.94. The topological polar surface area (TPSA) is 91.8 Å². The number of benzene rings is 2. The summed E-state index contributed by atoms with van der Waals surface area (Å²) < 4.78 is 47.8. The molecule has 0 unspecified atom stereocenters. The van der Waals surface area contributed by atoms with Crippen molar-refractivity contribution >= 4 is 24.3 Å². The quantitative estimate of drug-likeness (QED) is 0.217. The predicted octanol–water partition coefficient (Wildman–Crippen LogP) is 7.50. The largest absolute Gasteiger partial charge is 0.493 e. The smallest absolute Gasteiger partial charge is 0.419 e. The van der Waals surface area contributed by atoms with Gasteiger partial charge >= 0.3 is 12.1 Å². The summed E-state index contributed by atoms with van der Waals surface area (Å²) in [6, 6.07) is 14.5. The van der Waals surface area contributed by atoms with E-state index in [-0.39, 0.29) is 42.3 Å². The number of aliphatic carboxylic acids is 1. The zero-order valence-electron chi connectivity index (χ0n) is 26.8. The highest BCUT2D eigenvalue weighted by atomic mass is 35.5. The van der Waals surface area contributed by atoms with Gasteiger partial charge in [0.05, 0.1) is 17.9 Å². The van der Waals surface area contributed by atoms with E-state index in [2.05, 4.69) is 5.32 Å². The van der Waals surface area contributed by atoms with Crippen LogP contribution in [-0.4, -0.2) is 59.7 Å². The molecule has 4 aliphatic rings. The maximum absolute atomic E-state index is 14.0. The van der Waals surface area contributed by atoms with Crippen molar-refractivity contribution in [3.63, 3.8) is 0 Å². The van der Waals surface area contributed by atoms with Gasteiger partial charge in [-0.05, 0) is 119 Å². The van der Waals surface area contributed by atoms with Gasteiger partial charge in [-0.15, -0.1) is 12.4 Å². The van der Waals surface area contributed by atoms with Crippen LogP contribution >= 0.6 is 12.4 Å². The third-order valence-corrected chi connectivity index (χ3v) is 10.2. The molecule has 4 saturated carbocycles. The van der Waals surface area contributed by atoms with Crippen molar-refractivity contribution in [2.75, 3.05) is 27.2 Å². The molecule has 0 spiro atoms. The molecule has 3 aromatic rings. The van der Waals surface area contributed by atoms with Crippen LogP contribution in [-0.2, 0) is 11.0 Å². The number of halogens is 4. The molecule has 0 saturated heterocycles. The van der Waals surface area contributed by atoms with Gasteiger partial charge in [0.25, 0.3) is 5.91 Å². The maximum atomic E-state index is 14.0. The number of aryl methyl sites for hydroxylation is 1. The van der Waals surface area contributed by atoms with Crippen molar-refractivity contribution in [1.29, 1.82) is 0 Å². The van der Waals surface area contributed by atoms with Crippen molar-refractivity contribution in [3.05, 3.63) is 71.4 Å². The summed E-state index contributed by atoms with van der Waals surface area (Å²) in [5, 5.41) is 13.5. The number of rotatable bonds is 10. The number of nitrogens with one attached hydrogen (secondary N) is 1. The molecule has 2 N–H and O–H groups in total. The Labute approximate surface area is 279 Å². The Morgan fingerprint density at radius 3 is 2.23 bits per heavy atom. The molecule has 1 heterocycles. The van der Waals surface area contributed by atoms with Crippen LogP contribution < -0.4 is 10.1 Å². The average molecular weight is 672 g/mol. The lowest BCUT2D eigenvalue weighted by atomic mass is 9.48. The van der Waals surface area contributed by atoms with Gasteiger partial charge in [0.1, 0.15) is 17.0 Å². The fourth-order valence-electron chi connectivity index (χ4n) is 8.27. The van der Waals surface area contributed by atoms with E-state index in [0.717, 1.165) is 49.3 Å². The molecular formula is C36H41ClF3N3O4. The summed E-state index contributed by atoms with van der Waals surface area (Å²) in [5.74, 6) is -1.19. The van der Waals surface area contributed by atoms with Crippen molar-refractivity contribution in [1.82, 2.24) is 15.2 Å². The number of nitrogens with zero attached hydrogens (tertiary/aromatic N) is 2. The molecule has 7 nitrogen and oxygen atoms in total. The number of carboxylic acid groups (broad SMARTS) is 1. The van der Waals surface area contributed by atoms with Gasteiger partial charge in [-0.1, -0.05) is 30.3 Å². The lowest BCUT2D eigenvalue weighted by Crippen LogP contribution is -2.70. The summed E-state index contributed by atoms with van der Waals surface area (Å²) in [4.78, 5) is 33.5.